The second kappa shape index (κ2) is 3.21. The summed E-state index contributed by atoms with van der Waals surface area (Å²) in [6, 6.07) is 1.98. The van der Waals surface area contributed by atoms with E-state index in [1.54, 1.807) is 0 Å². The molecule has 0 aliphatic rings. The van der Waals surface area contributed by atoms with Gasteiger partial charge in [-0.1, -0.05) is 23.4 Å². The fourth-order valence-corrected chi connectivity index (χ4v) is 1.71. The molecule has 10 heavy (non-hydrogen) atoms. The Morgan fingerprint density at radius 3 is 2.90 bits per heavy atom. The molecule has 0 amide bonds. The molecule has 0 bridgehead atoms. The van der Waals surface area contributed by atoms with Crippen LogP contribution >= 0.6 is 22.5 Å². The van der Waals surface area contributed by atoms with E-state index in [1.165, 1.54) is 10.8 Å². The molecule has 0 fully saturated rings. The minimum atomic E-state index is 0.935. The molecule has 0 spiro atoms. The van der Waals surface area contributed by atoms with E-state index in [9.17, 15) is 0 Å². The highest BCUT2D eigenvalue weighted by atomic mass is 33.1. The van der Waals surface area contributed by atoms with Crippen LogP contribution in [0.1, 0.15) is 6.92 Å². The zero-order valence-electron chi connectivity index (χ0n) is 5.72. The molecule has 3 heteroatoms. The summed E-state index contributed by atoms with van der Waals surface area (Å²) >= 11 is 4.10. The lowest BCUT2D eigenvalue weighted by Gasteiger charge is -1.83. The van der Waals surface area contributed by atoms with Gasteiger partial charge in [-0.3, -0.25) is 0 Å². The van der Waals surface area contributed by atoms with Crippen LogP contribution in [-0.4, -0.2) is 4.98 Å². The van der Waals surface area contributed by atoms with Crippen LogP contribution in [0.4, 0.5) is 0 Å². The molecule has 0 aromatic carbocycles. The predicted molar refractivity (Wildman–Crippen MR) is 50.5 cm³/mol. The molecular formula is C7H9NS2. The second-order valence-electron chi connectivity index (χ2n) is 1.95. The van der Waals surface area contributed by atoms with Crippen molar-refractivity contribution in [1.29, 1.82) is 0 Å². The zero-order valence-corrected chi connectivity index (χ0v) is 7.43. The maximum absolute atomic E-state index is 4.10. The van der Waals surface area contributed by atoms with Gasteiger partial charge in [0, 0.05) is 15.6 Å². The summed E-state index contributed by atoms with van der Waals surface area (Å²) < 4.78 is 0. The van der Waals surface area contributed by atoms with Crippen molar-refractivity contribution in [2.75, 3.05) is 0 Å². The third-order valence-corrected chi connectivity index (χ3v) is 2.38. The van der Waals surface area contributed by atoms with Gasteiger partial charge in [-0.2, -0.15) is 0 Å². The molecule has 1 nitrogen and oxygen atoms in total. The Morgan fingerprint density at radius 1 is 1.80 bits per heavy atom. The fraction of sp³-hybridized carbons (Fsp3) is 0.143. The van der Waals surface area contributed by atoms with Crippen molar-refractivity contribution in [3.05, 3.63) is 16.8 Å². The Labute approximate surface area is 69.0 Å². The Morgan fingerprint density at radius 2 is 2.50 bits per heavy atom. The van der Waals surface area contributed by atoms with E-state index in [4.69, 9.17) is 0 Å². The molecule has 1 heterocycles. The summed E-state index contributed by atoms with van der Waals surface area (Å²) in [6.45, 7) is 5.76. The Hall–Kier alpha value is -0.280. The highest BCUT2D eigenvalue weighted by Crippen LogP contribution is 2.14. The molecule has 0 atom stereocenters. The molecule has 0 aliphatic carbocycles. The normalized spacial score (nSPS) is 12.4. The standard InChI is InChI=1S/C7H9NS2/c1-3-6-7(10-9)4-5(2)8-6/h3-4,8-9H,2H2,1H3/b6-3+. The minimum Gasteiger partial charge on any atom is -0.355 e. The number of hydrogen-bond donors (Lipinski definition) is 2. The maximum Gasteiger partial charge on any atom is 0.0488 e. The van der Waals surface area contributed by atoms with E-state index < -0.39 is 0 Å². The molecule has 0 aliphatic heterocycles. The van der Waals surface area contributed by atoms with Gasteiger partial charge in [0.05, 0.1) is 0 Å². The van der Waals surface area contributed by atoms with Crippen molar-refractivity contribution in [3.63, 3.8) is 0 Å². The van der Waals surface area contributed by atoms with E-state index >= 15 is 0 Å². The van der Waals surface area contributed by atoms with Crippen molar-refractivity contribution in [2.45, 2.75) is 11.8 Å². The molecule has 54 valence electrons. The molecule has 0 saturated heterocycles. The highest BCUT2D eigenvalue weighted by Gasteiger charge is 1.92. The largest absolute Gasteiger partial charge is 0.355 e. The van der Waals surface area contributed by atoms with Crippen LogP contribution in [0.3, 0.4) is 0 Å². The average molecular weight is 171 g/mol. The van der Waals surface area contributed by atoms with E-state index in [0.29, 0.717) is 0 Å². The van der Waals surface area contributed by atoms with Crippen LogP contribution in [0.2, 0.25) is 0 Å². The minimum absolute atomic E-state index is 0.935. The number of rotatable bonds is 1. The summed E-state index contributed by atoms with van der Waals surface area (Å²) in [5.74, 6) is 0. The lowest BCUT2D eigenvalue weighted by Crippen LogP contribution is -2.07. The molecule has 1 aromatic rings. The van der Waals surface area contributed by atoms with Crippen LogP contribution in [0.5, 0.6) is 0 Å². The fourth-order valence-electron chi connectivity index (χ4n) is 0.797. The first-order chi connectivity index (χ1) is 4.77. The van der Waals surface area contributed by atoms with Crippen molar-refractivity contribution in [1.82, 2.24) is 4.98 Å². The van der Waals surface area contributed by atoms with Gasteiger partial charge in [-0.15, -0.1) is 11.7 Å². The first-order valence-electron chi connectivity index (χ1n) is 2.93. The van der Waals surface area contributed by atoms with Crippen LogP contribution in [0.15, 0.2) is 11.0 Å². The first-order valence-corrected chi connectivity index (χ1v) is 4.80. The maximum atomic E-state index is 4.10. The number of nitrogens with one attached hydrogen (secondary N) is 1. The van der Waals surface area contributed by atoms with E-state index in [2.05, 4.69) is 23.2 Å². The van der Waals surface area contributed by atoms with Crippen molar-refractivity contribution >= 4 is 35.1 Å². The second-order valence-corrected chi connectivity index (χ2v) is 3.12. The molecule has 1 N–H and O–H groups in total. The third-order valence-electron chi connectivity index (χ3n) is 1.25. The lowest BCUT2D eigenvalue weighted by atomic mass is 10.5. The highest BCUT2D eigenvalue weighted by molar-refractivity contribution is 8.68. The molecular weight excluding hydrogens is 162 g/mol. The van der Waals surface area contributed by atoms with Crippen molar-refractivity contribution in [2.24, 2.45) is 0 Å². The number of aromatic amines is 1. The SMILES string of the molecule is C=c1cc(SS)/c(=C\C)[nH]1. The van der Waals surface area contributed by atoms with Gasteiger partial charge in [-0.25, -0.2) is 0 Å². The van der Waals surface area contributed by atoms with Gasteiger partial charge in [0.15, 0.2) is 0 Å². The Balaban J connectivity index is 3.36. The molecule has 0 radical (unpaired) electrons. The number of hydrogen-bond acceptors (Lipinski definition) is 2. The van der Waals surface area contributed by atoms with Crippen molar-refractivity contribution < 1.29 is 0 Å². The van der Waals surface area contributed by atoms with Crippen LogP contribution in [0.25, 0.3) is 12.7 Å². The molecule has 0 unspecified atom stereocenters. The van der Waals surface area contributed by atoms with Crippen LogP contribution in [-0.2, 0) is 0 Å². The van der Waals surface area contributed by atoms with Gasteiger partial charge in [0.25, 0.3) is 0 Å². The number of aromatic nitrogens is 1. The Bertz CT molecular complexity index is 313. The summed E-state index contributed by atoms with van der Waals surface area (Å²) in [4.78, 5) is 4.24. The summed E-state index contributed by atoms with van der Waals surface area (Å²) in [5.41, 5.74) is 0. The Kier molecular flexibility index (Phi) is 2.51. The van der Waals surface area contributed by atoms with Gasteiger partial charge >= 0.3 is 0 Å². The van der Waals surface area contributed by atoms with E-state index in [-0.39, 0.29) is 0 Å². The van der Waals surface area contributed by atoms with Crippen molar-refractivity contribution in [3.8, 4) is 0 Å². The van der Waals surface area contributed by atoms with Crippen LogP contribution < -0.4 is 10.7 Å². The predicted octanol–water partition coefficient (Wildman–Crippen LogP) is 1.16. The summed E-state index contributed by atoms with van der Waals surface area (Å²) in [5, 5.41) is 2.04. The summed E-state index contributed by atoms with van der Waals surface area (Å²) in [6.07, 6.45) is 2.01. The average Bonchev–Trinajstić information content (AvgIpc) is 2.30. The number of H-pyrrole nitrogens is 1. The van der Waals surface area contributed by atoms with Gasteiger partial charge < -0.3 is 4.98 Å². The zero-order chi connectivity index (χ0) is 7.56. The smallest absolute Gasteiger partial charge is 0.0488 e. The van der Waals surface area contributed by atoms with Gasteiger partial charge in [-0.05, 0) is 13.0 Å². The lowest BCUT2D eigenvalue weighted by molar-refractivity contribution is 1.24. The monoisotopic (exact) mass is 171 g/mol. The van der Waals surface area contributed by atoms with Crippen LogP contribution in [0, 0.1) is 0 Å². The summed E-state index contributed by atoms with van der Waals surface area (Å²) in [7, 11) is 1.43. The quantitative estimate of drug-likeness (QED) is 0.478. The topological polar surface area (TPSA) is 15.8 Å². The number of thiol groups is 1. The third kappa shape index (κ3) is 1.41. The van der Waals surface area contributed by atoms with Gasteiger partial charge in [0.2, 0.25) is 0 Å². The van der Waals surface area contributed by atoms with E-state index in [1.807, 2.05) is 19.1 Å². The molecule has 0 saturated carbocycles. The van der Waals surface area contributed by atoms with Gasteiger partial charge in [0.1, 0.15) is 0 Å². The first kappa shape index (κ1) is 7.82. The van der Waals surface area contributed by atoms with E-state index in [0.717, 1.165) is 15.6 Å². The molecule has 1 aromatic heterocycles. The molecule has 1 rings (SSSR count).